The summed E-state index contributed by atoms with van der Waals surface area (Å²) in [5, 5.41) is 0. The fourth-order valence-corrected chi connectivity index (χ4v) is 3.04. The molecule has 0 spiro atoms. The Kier molecular flexibility index (Phi) is 5.61. The van der Waals surface area contributed by atoms with Crippen LogP contribution in [0, 0.1) is 6.92 Å². The standard InChI is InChI=1S/C20H24N2O4/c1-14-4-5-17(13-21-14)26-15-8-10-22(11-9-15)20(23)18-7-6-16(24-2)12-19(18)25-3/h4-7,12-13,15H,8-11H2,1-3H3. The van der Waals surface area contributed by atoms with Crippen LogP contribution in [0.2, 0.25) is 0 Å². The summed E-state index contributed by atoms with van der Waals surface area (Å²) < 4.78 is 16.5. The van der Waals surface area contributed by atoms with Gasteiger partial charge in [0, 0.05) is 37.7 Å². The number of carbonyl (C=O) groups is 1. The predicted octanol–water partition coefficient (Wildman–Crippen LogP) is 3.09. The highest BCUT2D eigenvalue weighted by atomic mass is 16.5. The van der Waals surface area contributed by atoms with Gasteiger partial charge in [-0.3, -0.25) is 9.78 Å². The first-order chi connectivity index (χ1) is 12.6. The van der Waals surface area contributed by atoms with Gasteiger partial charge in [0.15, 0.2) is 0 Å². The van der Waals surface area contributed by atoms with E-state index in [0.717, 1.165) is 24.3 Å². The molecular formula is C20H24N2O4. The monoisotopic (exact) mass is 356 g/mol. The fraction of sp³-hybridized carbons (Fsp3) is 0.400. The van der Waals surface area contributed by atoms with Gasteiger partial charge in [-0.2, -0.15) is 0 Å². The largest absolute Gasteiger partial charge is 0.497 e. The number of aryl methyl sites for hydroxylation is 1. The maximum absolute atomic E-state index is 12.8. The van der Waals surface area contributed by atoms with E-state index in [1.165, 1.54) is 0 Å². The zero-order chi connectivity index (χ0) is 18.5. The van der Waals surface area contributed by atoms with Crippen molar-refractivity contribution in [3.05, 3.63) is 47.8 Å². The number of methoxy groups -OCH3 is 2. The molecule has 0 atom stereocenters. The molecule has 1 aliphatic rings. The number of hydrogen-bond acceptors (Lipinski definition) is 5. The van der Waals surface area contributed by atoms with Crippen molar-refractivity contribution >= 4 is 5.91 Å². The molecule has 0 bridgehead atoms. The molecule has 3 rings (SSSR count). The molecule has 1 fully saturated rings. The molecule has 0 aliphatic carbocycles. The Bertz CT molecular complexity index is 753. The second-order valence-electron chi connectivity index (χ2n) is 6.31. The van der Waals surface area contributed by atoms with Crippen molar-refractivity contribution in [3.8, 4) is 17.2 Å². The molecule has 1 aliphatic heterocycles. The van der Waals surface area contributed by atoms with Crippen LogP contribution < -0.4 is 14.2 Å². The summed E-state index contributed by atoms with van der Waals surface area (Å²) in [4.78, 5) is 18.9. The molecule has 1 amide bonds. The van der Waals surface area contributed by atoms with Crippen LogP contribution in [0.5, 0.6) is 17.2 Å². The van der Waals surface area contributed by atoms with Gasteiger partial charge in [0.2, 0.25) is 0 Å². The van der Waals surface area contributed by atoms with Crippen LogP contribution in [0.4, 0.5) is 0 Å². The summed E-state index contributed by atoms with van der Waals surface area (Å²) in [6, 6.07) is 9.12. The van der Waals surface area contributed by atoms with Gasteiger partial charge in [-0.1, -0.05) is 0 Å². The number of amides is 1. The molecule has 1 aromatic carbocycles. The molecule has 2 heterocycles. The smallest absolute Gasteiger partial charge is 0.257 e. The van der Waals surface area contributed by atoms with E-state index in [2.05, 4.69) is 4.98 Å². The Balaban J connectivity index is 1.60. The third-order valence-electron chi connectivity index (χ3n) is 4.56. The van der Waals surface area contributed by atoms with Crippen molar-refractivity contribution in [2.45, 2.75) is 25.9 Å². The van der Waals surface area contributed by atoms with Gasteiger partial charge in [0.1, 0.15) is 23.4 Å². The van der Waals surface area contributed by atoms with Crippen LogP contribution in [0.1, 0.15) is 28.9 Å². The fourth-order valence-electron chi connectivity index (χ4n) is 3.04. The molecule has 0 radical (unpaired) electrons. The lowest BCUT2D eigenvalue weighted by Crippen LogP contribution is -2.41. The number of aromatic nitrogens is 1. The van der Waals surface area contributed by atoms with Crippen LogP contribution in [0.3, 0.4) is 0 Å². The highest BCUT2D eigenvalue weighted by Crippen LogP contribution is 2.27. The summed E-state index contributed by atoms with van der Waals surface area (Å²) >= 11 is 0. The van der Waals surface area contributed by atoms with Crippen molar-refractivity contribution in [2.75, 3.05) is 27.3 Å². The highest BCUT2D eigenvalue weighted by Gasteiger charge is 2.26. The Morgan fingerprint density at radius 2 is 1.81 bits per heavy atom. The van der Waals surface area contributed by atoms with Gasteiger partial charge in [0.05, 0.1) is 26.0 Å². The van der Waals surface area contributed by atoms with Crippen LogP contribution in [-0.4, -0.2) is 49.2 Å². The number of pyridine rings is 1. The van der Waals surface area contributed by atoms with Crippen LogP contribution in [-0.2, 0) is 0 Å². The average Bonchev–Trinajstić information content (AvgIpc) is 2.69. The molecule has 6 nitrogen and oxygen atoms in total. The molecule has 2 aromatic rings. The van der Waals surface area contributed by atoms with Gasteiger partial charge in [-0.25, -0.2) is 0 Å². The Morgan fingerprint density at radius 3 is 2.42 bits per heavy atom. The van der Waals surface area contributed by atoms with E-state index < -0.39 is 0 Å². The van der Waals surface area contributed by atoms with Crippen LogP contribution in [0.15, 0.2) is 36.5 Å². The maximum Gasteiger partial charge on any atom is 0.257 e. The summed E-state index contributed by atoms with van der Waals surface area (Å²) in [5.41, 5.74) is 1.52. The number of piperidine rings is 1. The summed E-state index contributed by atoms with van der Waals surface area (Å²) in [5.74, 6) is 1.94. The SMILES string of the molecule is COc1ccc(C(=O)N2CCC(Oc3ccc(C)nc3)CC2)c(OC)c1. The van der Waals surface area contributed by atoms with E-state index in [0.29, 0.717) is 30.2 Å². The second kappa shape index (κ2) is 8.08. The van der Waals surface area contributed by atoms with Crippen molar-refractivity contribution in [2.24, 2.45) is 0 Å². The van der Waals surface area contributed by atoms with Crippen LogP contribution >= 0.6 is 0 Å². The van der Waals surface area contributed by atoms with Crippen molar-refractivity contribution < 1.29 is 19.0 Å². The Morgan fingerprint density at radius 1 is 1.08 bits per heavy atom. The quantitative estimate of drug-likeness (QED) is 0.824. The molecule has 26 heavy (non-hydrogen) atoms. The Labute approximate surface area is 153 Å². The molecule has 1 aromatic heterocycles. The lowest BCUT2D eigenvalue weighted by atomic mass is 10.1. The zero-order valence-electron chi connectivity index (χ0n) is 15.4. The Hall–Kier alpha value is -2.76. The number of nitrogens with zero attached hydrogens (tertiary/aromatic N) is 2. The van der Waals surface area contributed by atoms with E-state index in [1.54, 1.807) is 38.6 Å². The first-order valence-electron chi connectivity index (χ1n) is 8.71. The molecule has 138 valence electrons. The third-order valence-corrected chi connectivity index (χ3v) is 4.56. The van der Waals surface area contributed by atoms with Crippen molar-refractivity contribution in [1.29, 1.82) is 0 Å². The third kappa shape index (κ3) is 4.07. The lowest BCUT2D eigenvalue weighted by molar-refractivity contribution is 0.0592. The van der Waals surface area contributed by atoms with Gasteiger partial charge in [-0.05, 0) is 31.2 Å². The topological polar surface area (TPSA) is 60.9 Å². The van der Waals surface area contributed by atoms with Crippen LogP contribution in [0.25, 0.3) is 0 Å². The van der Waals surface area contributed by atoms with E-state index in [4.69, 9.17) is 14.2 Å². The zero-order valence-corrected chi connectivity index (χ0v) is 15.4. The predicted molar refractivity (Wildman–Crippen MR) is 98.1 cm³/mol. The van der Waals surface area contributed by atoms with Gasteiger partial charge in [-0.15, -0.1) is 0 Å². The second-order valence-corrected chi connectivity index (χ2v) is 6.31. The van der Waals surface area contributed by atoms with E-state index in [9.17, 15) is 4.79 Å². The number of rotatable bonds is 5. The first kappa shape index (κ1) is 18.0. The number of ether oxygens (including phenoxy) is 3. The average molecular weight is 356 g/mol. The number of carbonyl (C=O) groups excluding carboxylic acids is 1. The van der Waals surface area contributed by atoms with E-state index >= 15 is 0 Å². The van der Waals surface area contributed by atoms with Gasteiger partial charge >= 0.3 is 0 Å². The minimum absolute atomic E-state index is 0.0278. The molecule has 6 heteroatoms. The van der Waals surface area contributed by atoms with E-state index in [1.807, 2.05) is 24.0 Å². The molecule has 1 saturated heterocycles. The maximum atomic E-state index is 12.8. The van der Waals surface area contributed by atoms with Crippen molar-refractivity contribution in [3.63, 3.8) is 0 Å². The first-order valence-corrected chi connectivity index (χ1v) is 8.71. The number of benzene rings is 1. The minimum atomic E-state index is -0.0278. The number of likely N-dealkylation sites (tertiary alicyclic amines) is 1. The highest BCUT2D eigenvalue weighted by molar-refractivity contribution is 5.97. The minimum Gasteiger partial charge on any atom is -0.497 e. The molecule has 0 saturated carbocycles. The molecular weight excluding hydrogens is 332 g/mol. The normalized spacial score (nSPS) is 14.8. The summed E-state index contributed by atoms with van der Waals surface area (Å²) in [6.07, 6.45) is 3.42. The van der Waals surface area contributed by atoms with Crippen molar-refractivity contribution in [1.82, 2.24) is 9.88 Å². The van der Waals surface area contributed by atoms with Gasteiger partial charge < -0.3 is 19.1 Å². The van der Waals surface area contributed by atoms with E-state index in [-0.39, 0.29) is 12.0 Å². The molecule has 0 unspecified atom stereocenters. The lowest BCUT2D eigenvalue weighted by Gasteiger charge is -2.32. The molecule has 0 N–H and O–H groups in total. The summed E-state index contributed by atoms with van der Waals surface area (Å²) in [7, 11) is 3.14. The van der Waals surface area contributed by atoms with Gasteiger partial charge in [0.25, 0.3) is 5.91 Å². The number of hydrogen-bond donors (Lipinski definition) is 0. The summed E-state index contributed by atoms with van der Waals surface area (Å²) in [6.45, 7) is 3.25.